The number of rotatable bonds is 1. The molecule has 0 aliphatic carbocycles. The Hall–Kier alpha value is -0.980. The van der Waals surface area contributed by atoms with Crippen molar-refractivity contribution in [2.45, 2.75) is 41.0 Å². The van der Waals surface area contributed by atoms with Gasteiger partial charge in [0.2, 0.25) is 0 Å². The zero-order valence-corrected chi connectivity index (χ0v) is 10.3. The van der Waals surface area contributed by atoms with Crippen molar-refractivity contribution in [2.75, 3.05) is 7.11 Å². The second kappa shape index (κ2) is 6.47. The van der Waals surface area contributed by atoms with Gasteiger partial charge in [0.1, 0.15) is 5.75 Å². The van der Waals surface area contributed by atoms with Crippen LogP contribution in [0.5, 0.6) is 5.75 Å². The molecule has 0 aromatic heterocycles. The summed E-state index contributed by atoms with van der Waals surface area (Å²) < 4.78 is 5.13. The van der Waals surface area contributed by atoms with Crippen molar-refractivity contribution in [3.63, 3.8) is 0 Å². The minimum atomic E-state index is 0.950. The summed E-state index contributed by atoms with van der Waals surface area (Å²) in [6.07, 6.45) is 1.25. The summed E-state index contributed by atoms with van der Waals surface area (Å²) in [5.41, 5.74) is 3.94. The molecular formula is C13H22O. The van der Waals surface area contributed by atoms with Crippen LogP contribution in [-0.4, -0.2) is 7.11 Å². The average molecular weight is 194 g/mol. The topological polar surface area (TPSA) is 9.23 Å². The fourth-order valence-corrected chi connectivity index (χ4v) is 1.11. The number of hydrogen-bond donors (Lipinski definition) is 0. The molecule has 80 valence electrons. The normalized spacial score (nSPS) is 9.00. The Morgan fingerprint density at radius 1 is 1.00 bits per heavy atom. The number of benzene rings is 1. The maximum Gasteiger partial charge on any atom is 0.119 e. The van der Waals surface area contributed by atoms with Gasteiger partial charge in [-0.2, -0.15) is 0 Å². The molecule has 0 saturated carbocycles. The molecule has 1 aromatic carbocycles. The Bertz CT molecular complexity index is 254. The molecule has 0 aliphatic rings. The van der Waals surface area contributed by atoms with Crippen LogP contribution in [0.3, 0.4) is 0 Å². The molecule has 0 aliphatic heterocycles. The maximum absolute atomic E-state index is 5.13. The molecule has 0 radical (unpaired) electrons. The predicted octanol–water partition coefficient (Wildman–Crippen LogP) is 4.04. The van der Waals surface area contributed by atoms with E-state index in [9.17, 15) is 0 Å². The predicted molar refractivity (Wildman–Crippen MR) is 63.2 cm³/mol. The standard InChI is InChI=1S/C10H14O.C3H8/c1-7-5-10(11-4)6-8(2)9(7)3;1-3-2/h5-6H,1-4H3;3H2,1-2H3. The van der Waals surface area contributed by atoms with E-state index < -0.39 is 0 Å². The fourth-order valence-electron chi connectivity index (χ4n) is 1.11. The Kier molecular flexibility index (Phi) is 6.02. The van der Waals surface area contributed by atoms with Crippen LogP contribution in [0.25, 0.3) is 0 Å². The minimum absolute atomic E-state index is 0.950. The van der Waals surface area contributed by atoms with Crippen LogP contribution >= 0.6 is 0 Å². The Morgan fingerprint density at radius 2 is 1.36 bits per heavy atom. The summed E-state index contributed by atoms with van der Waals surface area (Å²) in [7, 11) is 1.70. The van der Waals surface area contributed by atoms with Gasteiger partial charge < -0.3 is 4.74 Å². The van der Waals surface area contributed by atoms with Crippen molar-refractivity contribution in [3.05, 3.63) is 28.8 Å². The second-order valence-electron chi connectivity index (χ2n) is 3.59. The quantitative estimate of drug-likeness (QED) is 0.655. The van der Waals surface area contributed by atoms with E-state index >= 15 is 0 Å². The third-order valence-corrected chi connectivity index (χ3v) is 2.14. The summed E-state index contributed by atoms with van der Waals surface area (Å²) >= 11 is 0. The molecule has 1 aromatic rings. The number of ether oxygens (including phenoxy) is 1. The van der Waals surface area contributed by atoms with Crippen molar-refractivity contribution in [1.29, 1.82) is 0 Å². The van der Waals surface area contributed by atoms with Crippen LogP contribution in [0.2, 0.25) is 0 Å². The van der Waals surface area contributed by atoms with Crippen molar-refractivity contribution in [1.82, 2.24) is 0 Å². The molecule has 0 heterocycles. The van der Waals surface area contributed by atoms with Gasteiger partial charge in [-0.3, -0.25) is 0 Å². The lowest BCUT2D eigenvalue weighted by molar-refractivity contribution is 0.414. The van der Waals surface area contributed by atoms with E-state index in [1.165, 1.54) is 23.1 Å². The van der Waals surface area contributed by atoms with Gasteiger partial charge in [-0.25, -0.2) is 0 Å². The van der Waals surface area contributed by atoms with Crippen molar-refractivity contribution >= 4 is 0 Å². The first-order chi connectivity index (χ1) is 6.56. The van der Waals surface area contributed by atoms with Crippen molar-refractivity contribution < 1.29 is 4.74 Å². The Morgan fingerprint density at radius 3 is 1.64 bits per heavy atom. The first-order valence-corrected chi connectivity index (χ1v) is 5.18. The van der Waals surface area contributed by atoms with Crippen molar-refractivity contribution in [2.24, 2.45) is 0 Å². The minimum Gasteiger partial charge on any atom is -0.497 e. The van der Waals surface area contributed by atoms with E-state index in [4.69, 9.17) is 4.74 Å². The molecule has 1 nitrogen and oxygen atoms in total. The summed E-state index contributed by atoms with van der Waals surface area (Å²) in [6, 6.07) is 4.12. The van der Waals surface area contributed by atoms with E-state index in [-0.39, 0.29) is 0 Å². The summed E-state index contributed by atoms with van der Waals surface area (Å²) in [5.74, 6) is 0.950. The lowest BCUT2D eigenvalue weighted by Gasteiger charge is -2.07. The van der Waals surface area contributed by atoms with Gasteiger partial charge in [0.25, 0.3) is 0 Å². The Balaban J connectivity index is 0.000000500. The van der Waals surface area contributed by atoms with Crippen LogP contribution < -0.4 is 4.74 Å². The van der Waals surface area contributed by atoms with Crippen molar-refractivity contribution in [3.8, 4) is 5.75 Å². The lowest BCUT2D eigenvalue weighted by atomic mass is 10.0. The molecule has 14 heavy (non-hydrogen) atoms. The number of hydrogen-bond acceptors (Lipinski definition) is 1. The van der Waals surface area contributed by atoms with E-state index in [0.29, 0.717) is 0 Å². The fraction of sp³-hybridized carbons (Fsp3) is 0.538. The summed E-state index contributed by atoms with van der Waals surface area (Å²) in [5, 5.41) is 0. The molecule has 0 bridgehead atoms. The third kappa shape index (κ3) is 3.82. The highest BCUT2D eigenvalue weighted by Crippen LogP contribution is 2.20. The Labute approximate surface area is 88.1 Å². The molecule has 0 N–H and O–H groups in total. The lowest BCUT2D eigenvalue weighted by Crippen LogP contribution is -1.89. The molecular weight excluding hydrogens is 172 g/mol. The van der Waals surface area contributed by atoms with Crippen LogP contribution in [0, 0.1) is 20.8 Å². The second-order valence-corrected chi connectivity index (χ2v) is 3.59. The van der Waals surface area contributed by atoms with E-state index in [1.54, 1.807) is 7.11 Å². The molecule has 1 rings (SSSR count). The van der Waals surface area contributed by atoms with Gasteiger partial charge in [0.15, 0.2) is 0 Å². The van der Waals surface area contributed by atoms with E-state index in [1.807, 2.05) is 0 Å². The zero-order chi connectivity index (χ0) is 11.1. The first-order valence-electron chi connectivity index (χ1n) is 5.18. The van der Waals surface area contributed by atoms with Crippen LogP contribution in [0.1, 0.15) is 37.0 Å². The van der Waals surface area contributed by atoms with Crippen LogP contribution in [0.15, 0.2) is 12.1 Å². The van der Waals surface area contributed by atoms with E-state index in [2.05, 4.69) is 46.8 Å². The molecule has 0 atom stereocenters. The maximum atomic E-state index is 5.13. The smallest absolute Gasteiger partial charge is 0.119 e. The molecule has 0 amide bonds. The van der Waals surface area contributed by atoms with Crippen LogP contribution in [-0.2, 0) is 0 Å². The monoisotopic (exact) mass is 194 g/mol. The zero-order valence-electron chi connectivity index (χ0n) is 10.3. The molecule has 0 unspecified atom stereocenters. The van der Waals surface area contributed by atoms with E-state index in [0.717, 1.165) is 5.75 Å². The van der Waals surface area contributed by atoms with Gasteiger partial charge in [-0.1, -0.05) is 20.3 Å². The summed E-state index contributed by atoms with van der Waals surface area (Å²) in [6.45, 7) is 10.6. The molecule has 0 saturated heterocycles. The molecule has 0 spiro atoms. The van der Waals surface area contributed by atoms with Gasteiger partial charge in [0.05, 0.1) is 7.11 Å². The van der Waals surface area contributed by atoms with Gasteiger partial charge >= 0.3 is 0 Å². The van der Waals surface area contributed by atoms with Gasteiger partial charge in [0, 0.05) is 0 Å². The summed E-state index contributed by atoms with van der Waals surface area (Å²) in [4.78, 5) is 0. The molecule has 0 fully saturated rings. The first kappa shape index (κ1) is 13.0. The van der Waals surface area contributed by atoms with Gasteiger partial charge in [-0.05, 0) is 49.6 Å². The molecule has 1 heteroatoms. The highest BCUT2D eigenvalue weighted by Gasteiger charge is 1.99. The van der Waals surface area contributed by atoms with Crippen LogP contribution in [0.4, 0.5) is 0 Å². The number of methoxy groups -OCH3 is 1. The highest BCUT2D eigenvalue weighted by atomic mass is 16.5. The average Bonchev–Trinajstić information content (AvgIpc) is 2.14. The van der Waals surface area contributed by atoms with Gasteiger partial charge in [-0.15, -0.1) is 0 Å². The SMILES string of the molecule is CCC.COc1cc(C)c(C)c(C)c1. The number of aryl methyl sites for hydroxylation is 2. The largest absolute Gasteiger partial charge is 0.497 e. The third-order valence-electron chi connectivity index (χ3n) is 2.14. The highest BCUT2D eigenvalue weighted by molar-refractivity contribution is 5.39.